The SMILES string of the molecule is C=C(C)C(=O)NC1(C#N)CC(C)(C)N(C(=O)C(=C)C)C(C)(C)C1. The second-order valence-electron chi connectivity index (χ2n) is 7.83. The zero-order valence-corrected chi connectivity index (χ0v) is 15.0. The van der Waals surface area contributed by atoms with Crippen molar-refractivity contribution in [3.05, 3.63) is 24.3 Å². The topological polar surface area (TPSA) is 73.2 Å². The van der Waals surface area contributed by atoms with Crippen molar-refractivity contribution >= 4 is 11.8 Å². The number of nitrogens with one attached hydrogen (secondary N) is 1. The summed E-state index contributed by atoms with van der Waals surface area (Å²) in [6.45, 7) is 18.3. The summed E-state index contributed by atoms with van der Waals surface area (Å²) < 4.78 is 0. The Morgan fingerprint density at radius 2 is 1.48 bits per heavy atom. The van der Waals surface area contributed by atoms with E-state index in [0.717, 1.165) is 0 Å². The van der Waals surface area contributed by atoms with Crippen LogP contribution in [0.15, 0.2) is 24.3 Å². The van der Waals surface area contributed by atoms with Gasteiger partial charge in [0.25, 0.3) is 0 Å². The van der Waals surface area contributed by atoms with E-state index < -0.39 is 16.6 Å². The largest absolute Gasteiger partial charge is 0.334 e. The summed E-state index contributed by atoms with van der Waals surface area (Å²) in [5, 5.41) is 12.6. The number of likely N-dealkylation sites (tertiary alicyclic amines) is 1. The quantitative estimate of drug-likeness (QED) is 0.813. The molecule has 5 nitrogen and oxygen atoms in total. The second-order valence-corrected chi connectivity index (χ2v) is 7.83. The molecule has 1 aliphatic heterocycles. The minimum absolute atomic E-state index is 0.127. The third kappa shape index (κ3) is 3.64. The Balaban J connectivity index is 3.31. The molecule has 0 saturated carbocycles. The van der Waals surface area contributed by atoms with Gasteiger partial charge in [0.05, 0.1) is 6.07 Å². The maximum atomic E-state index is 12.6. The van der Waals surface area contributed by atoms with Crippen molar-refractivity contribution < 1.29 is 9.59 Å². The van der Waals surface area contributed by atoms with E-state index in [1.807, 2.05) is 27.7 Å². The fourth-order valence-electron chi connectivity index (χ4n) is 3.78. The van der Waals surface area contributed by atoms with Gasteiger partial charge in [0, 0.05) is 35.1 Å². The van der Waals surface area contributed by atoms with Gasteiger partial charge in [-0.05, 0) is 41.5 Å². The van der Waals surface area contributed by atoms with Crippen molar-refractivity contribution in [1.29, 1.82) is 5.26 Å². The standard InChI is InChI=1S/C18H27N3O2/c1-12(2)14(22)20-18(11-19)9-16(5,6)21(15(23)13(3)4)17(7,8)10-18/h1,3,9-10H2,2,4-8H3,(H,20,22). The van der Waals surface area contributed by atoms with Crippen LogP contribution in [0.2, 0.25) is 0 Å². The summed E-state index contributed by atoms with van der Waals surface area (Å²) in [5.74, 6) is -0.462. The van der Waals surface area contributed by atoms with Crippen LogP contribution >= 0.6 is 0 Å². The highest BCUT2D eigenvalue weighted by Crippen LogP contribution is 2.44. The molecule has 1 heterocycles. The first-order chi connectivity index (χ1) is 10.3. The summed E-state index contributed by atoms with van der Waals surface area (Å²) >= 11 is 0. The lowest BCUT2D eigenvalue weighted by atomic mass is 9.69. The third-order valence-corrected chi connectivity index (χ3v) is 4.20. The lowest BCUT2D eigenvalue weighted by molar-refractivity contribution is -0.148. The van der Waals surface area contributed by atoms with E-state index in [9.17, 15) is 14.9 Å². The first-order valence-corrected chi connectivity index (χ1v) is 7.67. The molecule has 0 unspecified atom stereocenters. The zero-order valence-electron chi connectivity index (χ0n) is 15.0. The van der Waals surface area contributed by atoms with E-state index in [1.165, 1.54) is 0 Å². The Kier molecular flexibility index (Phi) is 4.82. The molecule has 0 bridgehead atoms. The molecule has 1 rings (SSSR count). The van der Waals surface area contributed by atoms with Gasteiger partial charge in [0.1, 0.15) is 5.54 Å². The van der Waals surface area contributed by atoms with E-state index in [2.05, 4.69) is 24.5 Å². The normalized spacial score (nSPS) is 21.0. The van der Waals surface area contributed by atoms with Crippen LogP contribution in [0.4, 0.5) is 0 Å². The first-order valence-electron chi connectivity index (χ1n) is 7.67. The second kappa shape index (κ2) is 5.84. The molecule has 1 N–H and O–H groups in total. The van der Waals surface area contributed by atoms with Crippen LogP contribution in [0.5, 0.6) is 0 Å². The highest BCUT2D eigenvalue weighted by molar-refractivity contribution is 5.94. The summed E-state index contributed by atoms with van der Waals surface area (Å²) in [6, 6.07) is 2.27. The molecule has 0 atom stereocenters. The molecule has 0 aromatic rings. The molecular formula is C18H27N3O2. The number of nitrogens with zero attached hydrogens (tertiary/aromatic N) is 2. The fourth-order valence-corrected chi connectivity index (χ4v) is 3.78. The zero-order chi connectivity index (χ0) is 18.2. The Labute approximate surface area is 139 Å². The average Bonchev–Trinajstić information content (AvgIpc) is 2.35. The van der Waals surface area contributed by atoms with E-state index >= 15 is 0 Å². The van der Waals surface area contributed by atoms with Crippen molar-refractivity contribution in [2.45, 2.75) is 71.0 Å². The van der Waals surface area contributed by atoms with Gasteiger partial charge < -0.3 is 10.2 Å². The Bertz CT molecular complexity index is 590. The van der Waals surface area contributed by atoms with Crippen LogP contribution in [0.1, 0.15) is 54.4 Å². The number of carbonyl (C=O) groups is 2. The molecule has 1 saturated heterocycles. The van der Waals surface area contributed by atoms with Gasteiger partial charge in [-0.25, -0.2) is 0 Å². The first kappa shape index (κ1) is 19.0. The van der Waals surface area contributed by atoms with Crippen LogP contribution in [0, 0.1) is 11.3 Å². The monoisotopic (exact) mass is 317 g/mol. The minimum atomic E-state index is -1.03. The lowest BCUT2D eigenvalue weighted by Gasteiger charge is -2.57. The van der Waals surface area contributed by atoms with Crippen molar-refractivity contribution in [1.82, 2.24) is 10.2 Å². The van der Waals surface area contributed by atoms with Crippen LogP contribution < -0.4 is 5.32 Å². The van der Waals surface area contributed by atoms with Crippen LogP contribution in [-0.4, -0.2) is 33.3 Å². The van der Waals surface area contributed by atoms with Gasteiger partial charge in [-0.3, -0.25) is 9.59 Å². The summed E-state index contributed by atoms with van der Waals surface area (Å²) in [4.78, 5) is 26.4. The minimum Gasteiger partial charge on any atom is -0.334 e. The Hall–Kier alpha value is -2.09. The van der Waals surface area contributed by atoms with Crippen LogP contribution in [0.3, 0.4) is 0 Å². The number of rotatable bonds is 3. The fraction of sp³-hybridized carbons (Fsp3) is 0.611. The average molecular weight is 317 g/mol. The summed E-state index contributed by atoms with van der Waals surface area (Å²) in [6.07, 6.45) is 0.690. The third-order valence-electron chi connectivity index (χ3n) is 4.20. The molecule has 5 heteroatoms. The van der Waals surface area contributed by atoms with Gasteiger partial charge in [-0.1, -0.05) is 13.2 Å². The number of nitriles is 1. The number of hydrogen-bond acceptors (Lipinski definition) is 3. The molecule has 2 amide bonds. The predicted octanol–water partition coefficient (Wildman–Crippen LogP) is 2.70. The molecule has 0 aliphatic carbocycles. The van der Waals surface area contributed by atoms with E-state index in [4.69, 9.17) is 0 Å². The molecular weight excluding hydrogens is 290 g/mol. The van der Waals surface area contributed by atoms with Crippen molar-refractivity contribution in [2.24, 2.45) is 0 Å². The van der Waals surface area contributed by atoms with Crippen LogP contribution in [0.25, 0.3) is 0 Å². The van der Waals surface area contributed by atoms with Gasteiger partial charge in [-0.2, -0.15) is 5.26 Å². The Morgan fingerprint density at radius 3 is 1.78 bits per heavy atom. The van der Waals surface area contributed by atoms with Crippen molar-refractivity contribution in [2.75, 3.05) is 0 Å². The highest BCUT2D eigenvalue weighted by Gasteiger charge is 2.55. The molecule has 126 valence electrons. The maximum Gasteiger partial charge on any atom is 0.249 e. The van der Waals surface area contributed by atoms with Gasteiger partial charge in [0.2, 0.25) is 11.8 Å². The van der Waals surface area contributed by atoms with Gasteiger partial charge in [0.15, 0.2) is 0 Å². The van der Waals surface area contributed by atoms with E-state index in [-0.39, 0.29) is 11.8 Å². The van der Waals surface area contributed by atoms with Crippen LogP contribution in [-0.2, 0) is 9.59 Å². The predicted molar refractivity (Wildman–Crippen MR) is 90.4 cm³/mol. The number of amides is 2. The maximum absolute atomic E-state index is 12.6. The highest BCUT2D eigenvalue weighted by atomic mass is 16.2. The molecule has 0 spiro atoms. The summed E-state index contributed by atoms with van der Waals surface area (Å²) in [5.41, 5.74) is -1.42. The van der Waals surface area contributed by atoms with Crippen molar-refractivity contribution in [3.63, 3.8) is 0 Å². The van der Waals surface area contributed by atoms with Crippen molar-refractivity contribution in [3.8, 4) is 6.07 Å². The number of hydrogen-bond donors (Lipinski definition) is 1. The van der Waals surface area contributed by atoms with Gasteiger partial charge >= 0.3 is 0 Å². The molecule has 0 aromatic heterocycles. The molecule has 1 fully saturated rings. The van der Waals surface area contributed by atoms with E-state index in [0.29, 0.717) is 24.0 Å². The van der Waals surface area contributed by atoms with E-state index in [1.54, 1.807) is 18.7 Å². The number of piperidine rings is 1. The summed E-state index contributed by atoms with van der Waals surface area (Å²) in [7, 11) is 0. The molecule has 23 heavy (non-hydrogen) atoms. The molecule has 0 radical (unpaired) electrons. The smallest absolute Gasteiger partial charge is 0.249 e. The lowest BCUT2D eigenvalue weighted by Crippen LogP contribution is -2.70. The number of carbonyl (C=O) groups excluding carboxylic acids is 2. The van der Waals surface area contributed by atoms with Gasteiger partial charge in [-0.15, -0.1) is 0 Å². The molecule has 1 aliphatic rings. The Morgan fingerprint density at radius 1 is 1.04 bits per heavy atom. The molecule has 0 aromatic carbocycles.